The van der Waals surface area contributed by atoms with E-state index >= 15 is 0 Å². The van der Waals surface area contributed by atoms with Crippen LogP contribution in [0.5, 0.6) is 0 Å². The Kier molecular flexibility index (Phi) is 2.17. The molecule has 0 bridgehead atoms. The van der Waals surface area contributed by atoms with Crippen molar-refractivity contribution in [1.29, 1.82) is 5.26 Å². The molecule has 2 N–H and O–H groups in total. The molecule has 0 fully saturated rings. The molecule has 2 aromatic heterocycles. The average molecular weight is 236 g/mol. The molecule has 18 heavy (non-hydrogen) atoms. The Bertz CT molecular complexity index is 768. The summed E-state index contributed by atoms with van der Waals surface area (Å²) in [4.78, 5) is 8.13. The van der Waals surface area contributed by atoms with E-state index in [-0.39, 0.29) is 5.82 Å². The first-order valence-corrected chi connectivity index (χ1v) is 5.24. The van der Waals surface area contributed by atoms with Crippen molar-refractivity contribution in [3.05, 3.63) is 42.6 Å². The second kappa shape index (κ2) is 3.82. The van der Waals surface area contributed by atoms with Crippen molar-refractivity contribution in [2.45, 2.75) is 0 Å². The van der Waals surface area contributed by atoms with Gasteiger partial charge in [0.2, 0.25) is 0 Å². The van der Waals surface area contributed by atoms with Crippen LogP contribution < -0.4 is 5.73 Å². The number of nitrogen functional groups attached to an aromatic ring is 1. The van der Waals surface area contributed by atoms with Gasteiger partial charge in [-0.2, -0.15) is 5.26 Å². The average Bonchev–Trinajstić information content (AvgIpc) is 2.86. The maximum Gasteiger partial charge on any atom is 0.252 e. The topological polar surface area (TPSA) is 93.4 Å². The van der Waals surface area contributed by atoms with Crippen LogP contribution in [0.15, 0.2) is 36.8 Å². The standard InChI is InChI=1S/C12H8N6/c13-6-12-16-7-18(17-12)11-3-4-15-10-5-8(14)1-2-9(10)11/h1-5,7H,14H2. The summed E-state index contributed by atoms with van der Waals surface area (Å²) in [6.07, 6.45) is 3.18. The zero-order valence-electron chi connectivity index (χ0n) is 9.28. The summed E-state index contributed by atoms with van der Waals surface area (Å²) in [6, 6.07) is 9.18. The summed E-state index contributed by atoms with van der Waals surface area (Å²) in [5, 5.41) is 13.7. The number of rotatable bonds is 1. The zero-order valence-corrected chi connectivity index (χ0v) is 9.28. The zero-order chi connectivity index (χ0) is 12.5. The number of aromatic nitrogens is 4. The van der Waals surface area contributed by atoms with Gasteiger partial charge in [0.1, 0.15) is 12.4 Å². The number of hydrogen-bond acceptors (Lipinski definition) is 5. The molecule has 0 saturated carbocycles. The number of pyridine rings is 1. The Hall–Kier alpha value is -2.94. The van der Waals surface area contributed by atoms with E-state index in [9.17, 15) is 0 Å². The smallest absolute Gasteiger partial charge is 0.252 e. The van der Waals surface area contributed by atoms with Crippen molar-refractivity contribution in [1.82, 2.24) is 19.7 Å². The molecule has 0 atom stereocenters. The van der Waals surface area contributed by atoms with Crippen LogP contribution in [-0.4, -0.2) is 19.7 Å². The molecule has 86 valence electrons. The molecule has 0 amide bonds. The lowest BCUT2D eigenvalue weighted by molar-refractivity contribution is 0.878. The Morgan fingerprint density at radius 3 is 2.89 bits per heavy atom. The highest BCUT2D eigenvalue weighted by Crippen LogP contribution is 2.21. The van der Waals surface area contributed by atoms with Gasteiger partial charge in [-0.1, -0.05) is 0 Å². The number of fused-ring (bicyclic) bond motifs is 1. The first-order chi connectivity index (χ1) is 8.78. The molecule has 0 radical (unpaired) electrons. The van der Waals surface area contributed by atoms with Gasteiger partial charge in [0.15, 0.2) is 0 Å². The van der Waals surface area contributed by atoms with Crippen LogP contribution in [-0.2, 0) is 0 Å². The van der Waals surface area contributed by atoms with Gasteiger partial charge in [-0.3, -0.25) is 4.98 Å². The molecule has 0 spiro atoms. The van der Waals surface area contributed by atoms with E-state index < -0.39 is 0 Å². The van der Waals surface area contributed by atoms with E-state index in [2.05, 4.69) is 15.1 Å². The molecule has 0 aliphatic rings. The van der Waals surface area contributed by atoms with Crippen LogP contribution in [0, 0.1) is 11.3 Å². The fourth-order valence-electron chi connectivity index (χ4n) is 1.78. The third-order valence-electron chi connectivity index (χ3n) is 2.58. The van der Waals surface area contributed by atoms with Gasteiger partial charge in [0.25, 0.3) is 5.82 Å². The number of nitrogens with zero attached hydrogens (tertiary/aromatic N) is 5. The van der Waals surface area contributed by atoms with Crippen molar-refractivity contribution in [3.63, 3.8) is 0 Å². The molecular formula is C12H8N6. The van der Waals surface area contributed by atoms with Crippen molar-refractivity contribution in [2.24, 2.45) is 0 Å². The minimum atomic E-state index is 0.135. The van der Waals surface area contributed by atoms with Gasteiger partial charge in [0.05, 0.1) is 11.2 Å². The minimum Gasteiger partial charge on any atom is -0.399 e. The predicted molar refractivity (Wildman–Crippen MR) is 65.8 cm³/mol. The van der Waals surface area contributed by atoms with E-state index in [1.165, 1.54) is 6.33 Å². The van der Waals surface area contributed by atoms with Crippen LogP contribution in [0.2, 0.25) is 0 Å². The summed E-state index contributed by atoms with van der Waals surface area (Å²) in [5.74, 6) is 0.135. The normalized spacial score (nSPS) is 10.4. The van der Waals surface area contributed by atoms with Crippen LogP contribution in [0.4, 0.5) is 5.69 Å². The highest BCUT2D eigenvalue weighted by Gasteiger charge is 2.06. The van der Waals surface area contributed by atoms with E-state index in [1.807, 2.05) is 18.2 Å². The Morgan fingerprint density at radius 2 is 2.11 bits per heavy atom. The van der Waals surface area contributed by atoms with Gasteiger partial charge in [-0.25, -0.2) is 9.67 Å². The van der Waals surface area contributed by atoms with E-state index in [1.54, 1.807) is 23.0 Å². The van der Waals surface area contributed by atoms with Crippen molar-refractivity contribution < 1.29 is 0 Å². The van der Waals surface area contributed by atoms with Gasteiger partial charge >= 0.3 is 0 Å². The van der Waals surface area contributed by atoms with E-state index in [4.69, 9.17) is 11.0 Å². The first kappa shape index (κ1) is 10.2. The Balaban J connectivity index is 2.26. The molecule has 2 heterocycles. The number of benzene rings is 1. The van der Waals surface area contributed by atoms with Gasteiger partial charge in [-0.15, -0.1) is 5.10 Å². The second-order valence-electron chi connectivity index (χ2n) is 3.73. The molecule has 0 unspecified atom stereocenters. The first-order valence-electron chi connectivity index (χ1n) is 5.24. The Morgan fingerprint density at radius 1 is 1.22 bits per heavy atom. The highest BCUT2D eigenvalue weighted by molar-refractivity contribution is 5.88. The summed E-state index contributed by atoms with van der Waals surface area (Å²) < 4.78 is 1.55. The Labute approximate surface area is 102 Å². The summed E-state index contributed by atoms with van der Waals surface area (Å²) in [6.45, 7) is 0. The molecule has 0 saturated heterocycles. The molecule has 0 aliphatic heterocycles. The number of hydrogen-bond donors (Lipinski definition) is 1. The largest absolute Gasteiger partial charge is 0.399 e. The minimum absolute atomic E-state index is 0.135. The maximum atomic E-state index is 8.73. The summed E-state index contributed by atoms with van der Waals surface area (Å²) in [5.41, 5.74) is 7.97. The number of nitrogens with two attached hydrogens (primary N) is 1. The van der Waals surface area contributed by atoms with Crippen molar-refractivity contribution in [2.75, 3.05) is 5.73 Å². The van der Waals surface area contributed by atoms with Gasteiger partial charge in [0, 0.05) is 17.3 Å². The van der Waals surface area contributed by atoms with Crippen LogP contribution >= 0.6 is 0 Å². The molecular weight excluding hydrogens is 228 g/mol. The SMILES string of the molecule is N#Cc1ncn(-c2ccnc3cc(N)ccc23)n1. The third-order valence-corrected chi connectivity index (χ3v) is 2.58. The fourth-order valence-corrected chi connectivity index (χ4v) is 1.78. The molecule has 3 aromatic rings. The lowest BCUT2D eigenvalue weighted by Crippen LogP contribution is -1.97. The summed E-state index contributed by atoms with van der Waals surface area (Å²) >= 11 is 0. The molecule has 6 nitrogen and oxygen atoms in total. The number of nitriles is 1. The molecule has 0 aliphatic carbocycles. The quantitative estimate of drug-likeness (QED) is 0.642. The van der Waals surface area contributed by atoms with E-state index in [0.717, 1.165) is 16.6 Å². The molecule has 6 heteroatoms. The third kappa shape index (κ3) is 1.55. The predicted octanol–water partition coefficient (Wildman–Crippen LogP) is 1.27. The molecule has 1 aromatic carbocycles. The van der Waals surface area contributed by atoms with E-state index in [0.29, 0.717) is 5.69 Å². The second-order valence-corrected chi connectivity index (χ2v) is 3.73. The highest BCUT2D eigenvalue weighted by atomic mass is 15.3. The number of anilines is 1. The maximum absolute atomic E-state index is 8.73. The lowest BCUT2D eigenvalue weighted by atomic mass is 10.2. The molecule has 3 rings (SSSR count). The lowest BCUT2D eigenvalue weighted by Gasteiger charge is -2.05. The van der Waals surface area contributed by atoms with Crippen molar-refractivity contribution >= 4 is 16.6 Å². The van der Waals surface area contributed by atoms with Crippen LogP contribution in [0.3, 0.4) is 0 Å². The van der Waals surface area contributed by atoms with Crippen LogP contribution in [0.25, 0.3) is 16.6 Å². The van der Waals surface area contributed by atoms with Crippen LogP contribution in [0.1, 0.15) is 5.82 Å². The monoisotopic (exact) mass is 236 g/mol. The van der Waals surface area contributed by atoms with Gasteiger partial charge < -0.3 is 5.73 Å². The van der Waals surface area contributed by atoms with Crippen molar-refractivity contribution in [3.8, 4) is 11.8 Å². The van der Waals surface area contributed by atoms with Gasteiger partial charge in [-0.05, 0) is 24.3 Å². The summed E-state index contributed by atoms with van der Waals surface area (Å²) in [7, 11) is 0. The fraction of sp³-hybridized carbons (Fsp3) is 0.